The second-order valence-corrected chi connectivity index (χ2v) is 8.99. The van der Waals surface area contributed by atoms with Crippen molar-refractivity contribution in [1.29, 1.82) is 0 Å². The summed E-state index contributed by atoms with van der Waals surface area (Å²) >= 11 is 0. The lowest BCUT2D eigenvalue weighted by molar-refractivity contribution is 0.226. The average Bonchev–Trinajstić information content (AvgIpc) is 2.50. The van der Waals surface area contributed by atoms with Crippen molar-refractivity contribution in [3.05, 3.63) is 23.3 Å². The molecule has 1 aromatic rings. The van der Waals surface area contributed by atoms with Crippen LogP contribution in [0.3, 0.4) is 0 Å². The van der Waals surface area contributed by atoms with Crippen LogP contribution in [0.1, 0.15) is 38.8 Å². The van der Waals surface area contributed by atoms with Gasteiger partial charge in [-0.2, -0.15) is 0 Å². The van der Waals surface area contributed by atoms with Gasteiger partial charge in [0.2, 0.25) is 0 Å². The fraction of sp³-hybridized carbons (Fsp3) is 0.625. The Morgan fingerprint density at radius 2 is 1.17 bits per heavy atom. The van der Waals surface area contributed by atoms with E-state index in [9.17, 15) is 9.13 Å². The quantitative estimate of drug-likeness (QED) is 0.571. The normalized spacial score (nSPS) is 12.6. The van der Waals surface area contributed by atoms with E-state index in [1.807, 2.05) is 6.92 Å². The van der Waals surface area contributed by atoms with E-state index in [1.165, 1.54) is 0 Å². The summed E-state index contributed by atoms with van der Waals surface area (Å²) in [4.78, 5) is 0. The molecule has 24 heavy (non-hydrogen) atoms. The monoisotopic (exact) mass is 378 g/mol. The van der Waals surface area contributed by atoms with Gasteiger partial charge in [-0.1, -0.05) is 6.07 Å². The molecular weight excluding hydrogens is 350 g/mol. The summed E-state index contributed by atoms with van der Waals surface area (Å²) in [7, 11) is -7.28. The molecular formula is C16H28O6P2. The molecule has 0 aliphatic rings. The van der Waals surface area contributed by atoms with Crippen molar-refractivity contribution in [2.75, 3.05) is 26.4 Å². The predicted octanol–water partition coefficient (Wildman–Crippen LogP) is 4.09. The van der Waals surface area contributed by atoms with Gasteiger partial charge in [0.05, 0.1) is 37.0 Å². The van der Waals surface area contributed by atoms with E-state index < -0.39 is 15.2 Å². The molecule has 8 heteroatoms. The van der Waals surface area contributed by atoms with E-state index >= 15 is 0 Å². The highest BCUT2D eigenvalue weighted by Crippen LogP contribution is 2.53. The van der Waals surface area contributed by atoms with Crippen LogP contribution in [0.25, 0.3) is 0 Å². The fourth-order valence-corrected chi connectivity index (χ4v) is 6.78. The summed E-state index contributed by atoms with van der Waals surface area (Å²) in [6.45, 7) is 11.5. The molecule has 0 amide bonds. The maximum Gasteiger partial charge on any atom is 0.362 e. The minimum absolute atomic E-state index is 0.206. The first-order valence-corrected chi connectivity index (χ1v) is 11.3. The van der Waals surface area contributed by atoms with E-state index in [-0.39, 0.29) is 37.0 Å². The van der Waals surface area contributed by atoms with Gasteiger partial charge >= 0.3 is 15.2 Å². The van der Waals surface area contributed by atoms with Crippen molar-refractivity contribution >= 4 is 25.8 Å². The van der Waals surface area contributed by atoms with Gasteiger partial charge in [0.25, 0.3) is 0 Å². The molecule has 0 N–H and O–H groups in total. The van der Waals surface area contributed by atoms with Crippen LogP contribution in [0.5, 0.6) is 0 Å². The van der Waals surface area contributed by atoms with Gasteiger partial charge < -0.3 is 18.1 Å². The summed E-state index contributed by atoms with van der Waals surface area (Å²) in [6.07, 6.45) is 0. The molecule has 0 aromatic heterocycles. The van der Waals surface area contributed by atoms with Gasteiger partial charge in [-0.05, 0) is 58.7 Å². The SMILES string of the molecule is CCOP(=O)(OCC)c1ccc(C)c(C)c1P(=O)(OCC)OCC. The molecule has 0 atom stereocenters. The molecule has 6 nitrogen and oxygen atoms in total. The van der Waals surface area contributed by atoms with Crippen molar-refractivity contribution in [2.45, 2.75) is 41.5 Å². The van der Waals surface area contributed by atoms with Crippen LogP contribution in [0.4, 0.5) is 0 Å². The third-order valence-corrected chi connectivity index (χ3v) is 8.10. The van der Waals surface area contributed by atoms with Gasteiger partial charge in [-0.15, -0.1) is 0 Å². The molecule has 0 aliphatic carbocycles. The maximum absolute atomic E-state index is 13.4. The van der Waals surface area contributed by atoms with E-state index in [4.69, 9.17) is 18.1 Å². The van der Waals surface area contributed by atoms with Crippen molar-refractivity contribution in [3.8, 4) is 0 Å². The molecule has 0 heterocycles. The zero-order chi connectivity index (χ0) is 18.4. The summed E-state index contributed by atoms with van der Waals surface area (Å²) in [5.74, 6) is 0. The maximum atomic E-state index is 13.4. The Morgan fingerprint density at radius 3 is 1.58 bits per heavy atom. The first-order valence-electron chi connectivity index (χ1n) is 8.19. The average molecular weight is 378 g/mol. The van der Waals surface area contributed by atoms with Gasteiger partial charge in [-0.25, -0.2) is 0 Å². The second-order valence-electron chi connectivity index (χ2n) is 5.04. The molecule has 138 valence electrons. The highest BCUT2D eigenvalue weighted by Gasteiger charge is 2.40. The number of hydrogen-bond donors (Lipinski definition) is 0. The molecule has 0 saturated carbocycles. The molecule has 0 fully saturated rings. The van der Waals surface area contributed by atoms with Crippen LogP contribution in [-0.2, 0) is 27.2 Å². The first kappa shape index (κ1) is 21.6. The van der Waals surface area contributed by atoms with E-state index in [0.717, 1.165) is 5.56 Å². The van der Waals surface area contributed by atoms with Gasteiger partial charge in [-0.3, -0.25) is 9.13 Å². The lowest BCUT2D eigenvalue weighted by atomic mass is 10.1. The highest BCUT2D eigenvalue weighted by molar-refractivity contribution is 7.69. The number of rotatable bonds is 10. The first-order chi connectivity index (χ1) is 11.3. The Kier molecular flexibility index (Phi) is 8.34. The highest BCUT2D eigenvalue weighted by atomic mass is 31.2. The number of aryl methyl sites for hydroxylation is 1. The third-order valence-electron chi connectivity index (χ3n) is 3.45. The van der Waals surface area contributed by atoms with Crippen LogP contribution in [0, 0.1) is 13.8 Å². The lowest BCUT2D eigenvalue weighted by Gasteiger charge is -2.26. The van der Waals surface area contributed by atoms with Crippen molar-refractivity contribution in [2.24, 2.45) is 0 Å². The van der Waals surface area contributed by atoms with Crippen LogP contribution >= 0.6 is 15.2 Å². The van der Waals surface area contributed by atoms with E-state index in [1.54, 1.807) is 46.8 Å². The zero-order valence-electron chi connectivity index (χ0n) is 15.3. The molecule has 1 rings (SSSR count). The molecule has 0 bridgehead atoms. The minimum atomic E-state index is -3.65. The van der Waals surface area contributed by atoms with Gasteiger partial charge in [0, 0.05) is 0 Å². The van der Waals surface area contributed by atoms with Crippen molar-refractivity contribution in [1.82, 2.24) is 0 Å². The topological polar surface area (TPSA) is 71.1 Å². The summed E-state index contributed by atoms with van der Waals surface area (Å²) in [5, 5.41) is 0.538. The Bertz CT molecular complexity index is 624. The van der Waals surface area contributed by atoms with Crippen LogP contribution in [0.15, 0.2) is 12.1 Å². The smallest absolute Gasteiger partial charge is 0.305 e. The van der Waals surface area contributed by atoms with Gasteiger partial charge in [0.15, 0.2) is 0 Å². The van der Waals surface area contributed by atoms with Crippen LogP contribution in [-0.4, -0.2) is 26.4 Å². The predicted molar refractivity (Wildman–Crippen MR) is 96.9 cm³/mol. The Morgan fingerprint density at radius 1 is 0.750 bits per heavy atom. The van der Waals surface area contributed by atoms with Crippen molar-refractivity contribution in [3.63, 3.8) is 0 Å². The summed E-state index contributed by atoms with van der Waals surface area (Å²) in [6, 6.07) is 3.44. The van der Waals surface area contributed by atoms with Crippen LogP contribution in [0.2, 0.25) is 0 Å². The largest absolute Gasteiger partial charge is 0.362 e. The molecule has 0 aliphatic heterocycles. The van der Waals surface area contributed by atoms with E-state index in [0.29, 0.717) is 5.56 Å². The fourth-order valence-electron chi connectivity index (χ4n) is 2.38. The molecule has 0 spiro atoms. The Hall–Kier alpha value is -0.480. The Labute approximate surface area is 144 Å². The lowest BCUT2D eigenvalue weighted by Crippen LogP contribution is -2.31. The number of benzene rings is 1. The molecule has 0 saturated heterocycles. The summed E-state index contributed by atoms with van der Waals surface area (Å²) < 4.78 is 48.5. The minimum Gasteiger partial charge on any atom is -0.305 e. The zero-order valence-corrected chi connectivity index (χ0v) is 17.1. The molecule has 1 aromatic carbocycles. The second kappa shape index (κ2) is 9.28. The Balaban J connectivity index is 3.72. The van der Waals surface area contributed by atoms with Crippen molar-refractivity contribution < 1.29 is 27.2 Å². The standard InChI is InChI=1S/C16H28O6P2/c1-7-19-23(17,20-8-2)15-12-11-13(5)14(6)16(15)24(18,21-9-3)22-10-4/h11-12H,7-10H2,1-6H3. The summed E-state index contributed by atoms with van der Waals surface area (Å²) in [5.41, 5.74) is 1.60. The van der Waals surface area contributed by atoms with Crippen LogP contribution < -0.4 is 10.6 Å². The van der Waals surface area contributed by atoms with E-state index in [2.05, 4.69) is 0 Å². The van der Waals surface area contributed by atoms with Gasteiger partial charge in [0.1, 0.15) is 0 Å². The molecule has 0 unspecified atom stereocenters. The number of hydrogen-bond acceptors (Lipinski definition) is 6. The molecule has 0 radical (unpaired) electrons. The third kappa shape index (κ3) is 4.57.